The Labute approximate surface area is 190 Å². The fourth-order valence-electron chi connectivity index (χ4n) is 3.14. The Morgan fingerprint density at radius 3 is 2.28 bits per heavy atom. The van der Waals surface area contributed by atoms with Crippen molar-refractivity contribution in [2.24, 2.45) is 0 Å². The molecule has 0 fully saturated rings. The minimum atomic E-state index is -0.495. The zero-order valence-corrected chi connectivity index (χ0v) is 19.3. The lowest BCUT2D eigenvalue weighted by Gasteiger charge is -2.20. The highest BCUT2D eigenvalue weighted by Crippen LogP contribution is 2.19. The number of amides is 3. The molecule has 172 valence electrons. The van der Waals surface area contributed by atoms with E-state index in [1.165, 1.54) is 0 Å². The van der Waals surface area contributed by atoms with Crippen LogP contribution >= 0.6 is 0 Å². The number of hydrogen-bond donors (Lipinski definition) is 2. The standard InChI is InChI=1S/C25H33N3O4/c1-18(2)32-24(30)16-22(21-12-10-19(3)11-13-21)27-23(29)14-15-26-25(31)28(4)17-20-8-6-5-7-9-20/h5-13,18,22H,14-17H2,1-4H3,(H,26,31)(H,27,29). The third-order valence-electron chi connectivity index (χ3n) is 4.79. The third-order valence-corrected chi connectivity index (χ3v) is 4.79. The van der Waals surface area contributed by atoms with Gasteiger partial charge in [-0.15, -0.1) is 0 Å². The minimum absolute atomic E-state index is 0.0408. The summed E-state index contributed by atoms with van der Waals surface area (Å²) in [5, 5.41) is 5.65. The second-order valence-corrected chi connectivity index (χ2v) is 8.10. The largest absolute Gasteiger partial charge is 0.463 e. The molecule has 1 unspecified atom stereocenters. The summed E-state index contributed by atoms with van der Waals surface area (Å²) in [5.41, 5.74) is 2.94. The highest BCUT2D eigenvalue weighted by atomic mass is 16.5. The third kappa shape index (κ3) is 8.79. The normalized spacial score (nSPS) is 11.5. The van der Waals surface area contributed by atoms with E-state index < -0.39 is 6.04 Å². The topological polar surface area (TPSA) is 87.7 Å². The van der Waals surface area contributed by atoms with Crippen molar-refractivity contribution >= 4 is 17.9 Å². The first kappa shape index (κ1) is 24.9. The average Bonchev–Trinajstić information content (AvgIpc) is 2.74. The van der Waals surface area contributed by atoms with E-state index in [1.807, 2.05) is 61.5 Å². The molecule has 0 aromatic heterocycles. The molecule has 0 spiro atoms. The van der Waals surface area contributed by atoms with Gasteiger partial charge in [0.05, 0.1) is 18.6 Å². The average molecular weight is 440 g/mol. The van der Waals surface area contributed by atoms with Crippen LogP contribution in [0.5, 0.6) is 0 Å². The van der Waals surface area contributed by atoms with E-state index in [4.69, 9.17) is 4.74 Å². The summed E-state index contributed by atoms with van der Waals surface area (Å²) in [6.07, 6.45) is -0.0778. The lowest BCUT2D eigenvalue weighted by molar-refractivity contribution is -0.148. The van der Waals surface area contributed by atoms with Crippen LogP contribution in [0.4, 0.5) is 4.79 Å². The fraction of sp³-hybridized carbons (Fsp3) is 0.400. The summed E-state index contributed by atoms with van der Waals surface area (Å²) in [6.45, 7) is 6.22. The van der Waals surface area contributed by atoms with Gasteiger partial charge in [0.1, 0.15) is 0 Å². The molecule has 0 radical (unpaired) electrons. The maximum absolute atomic E-state index is 12.5. The highest BCUT2D eigenvalue weighted by Gasteiger charge is 2.20. The minimum Gasteiger partial charge on any atom is -0.463 e. The van der Waals surface area contributed by atoms with Crippen molar-refractivity contribution in [1.82, 2.24) is 15.5 Å². The Bertz CT molecular complexity index is 882. The number of aryl methyl sites for hydroxylation is 1. The summed E-state index contributed by atoms with van der Waals surface area (Å²) in [5.74, 6) is -0.624. The molecule has 0 aliphatic carbocycles. The van der Waals surface area contributed by atoms with Crippen molar-refractivity contribution in [3.63, 3.8) is 0 Å². The molecule has 7 heteroatoms. The van der Waals surface area contributed by atoms with E-state index in [0.717, 1.165) is 16.7 Å². The molecule has 2 N–H and O–H groups in total. The van der Waals surface area contributed by atoms with E-state index in [9.17, 15) is 14.4 Å². The number of urea groups is 1. The first-order valence-electron chi connectivity index (χ1n) is 10.8. The maximum atomic E-state index is 12.5. The van der Waals surface area contributed by atoms with Crippen molar-refractivity contribution in [2.45, 2.75) is 52.3 Å². The van der Waals surface area contributed by atoms with Crippen LogP contribution in [0.3, 0.4) is 0 Å². The quantitative estimate of drug-likeness (QED) is 0.552. The van der Waals surface area contributed by atoms with Gasteiger partial charge in [-0.2, -0.15) is 0 Å². The number of esters is 1. The first-order valence-corrected chi connectivity index (χ1v) is 10.8. The van der Waals surface area contributed by atoms with Crippen LogP contribution in [0.25, 0.3) is 0 Å². The molecule has 1 atom stereocenters. The molecule has 2 aromatic rings. The van der Waals surface area contributed by atoms with Crippen LogP contribution in [0.1, 0.15) is 49.4 Å². The molecule has 0 aliphatic rings. The zero-order chi connectivity index (χ0) is 23.5. The van der Waals surface area contributed by atoms with Gasteiger partial charge < -0.3 is 20.3 Å². The number of nitrogens with zero attached hydrogens (tertiary/aromatic N) is 1. The number of carbonyl (C=O) groups excluding carboxylic acids is 3. The summed E-state index contributed by atoms with van der Waals surface area (Å²) >= 11 is 0. The van der Waals surface area contributed by atoms with E-state index in [1.54, 1.807) is 25.8 Å². The Hall–Kier alpha value is -3.35. The number of carbonyl (C=O) groups is 3. The monoisotopic (exact) mass is 439 g/mol. The smallest absolute Gasteiger partial charge is 0.317 e. The van der Waals surface area contributed by atoms with Crippen LogP contribution in [0.15, 0.2) is 54.6 Å². The number of nitrogens with one attached hydrogen (secondary N) is 2. The van der Waals surface area contributed by atoms with E-state index in [0.29, 0.717) is 6.54 Å². The molecule has 2 rings (SSSR count). The molecule has 32 heavy (non-hydrogen) atoms. The summed E-state index contributed by atoms with van der Waals surface area (Å²) < 4.78 is 5.24. The second kappa shape index (κ2) is 12.5. The lowest BCUT2D eigenvalue weighted by Crippen LogP contribution is -2.39. The molecular weight excluding hydrogens is 406 g/mol. The van der Waals surface area contributed by atoms with Crippen LogP contribution in [-0.4, -0.2) is 42.5 Å². The Morgan fingerprint density at radius 2 is 1.66 bits per heavy atom. The van der Waals surface area contributed by atoms with Crippen molar-refractivity contribution in [1.29, 1.82) is 0 Å². The molecule has 0 aliphatic heterocycles. The van der Waals surface area contributed by atoms with Gasteiger partial charge in [0.15, 0.2) is 0 Å². The highest BCUT2D eigenvalue weighted by molar-refractivity contribution is 5.79. The first-order chi connectivity index (χ1) is 15.2. The van der Waals surface area contributed by atoms with Gasteiger partial charge in [-0.1, -0.05) is 60.2 Å². The van der Waals surface area contributed by atoms with Gasteiger partial charge in [-0.05, 0) is 31.9 Å². The fourth-order valence-corrected chi connectivity index (χ4v) is 3.14. The summed E-state index contributed by atoms with van der Waals surface area (Å²) in [7, 11) is 1.70. The molecule has 2 aromatic carbocycles. The molecule has 0 saturated heterocycles. The molecule has 7 nitrogen and oxygen atoms in total. The van der Waals surface area contributed by atoms with E-state index in [2.05, 4.69) is 10.6 Å². The lowest BCUT2D eigenvalue weighted by atomic mass is 10.0. The Kier molecular flexibility index (Phi) is 9.73. The van der Waals surface area contributed by atoms with Crippen LogP contribution in [-0.2, 0) is 20.9 Å². The van der Waals surface area contributed by atoms with Gasteiger partial charge in [-0.25, -0.2) is 4.79 Å². The molecule has 0 bridgehead atoms. The van der Waals surface area contributed by atoms with Crippen LogP contribution in [0.2, 0.25) is 0 Å². The van der Waals surface area contributed by atoms with E-state index in [-0.39, 0.29) is 43.4 Å². The van der Waals surface area contributed by atoms with Crippen LogP contribution in [0, 0.1) is 6.92 Å². The molecule has 3 amide bonds. The van der Waals surface area contributed by atoms with Crippen molar-refractivity contribution in [3.8, 4) is 0 Å². The van der Waals surface area contributed by atoms with Gasteiger partial charge in [-0.3, -0.25) is 9.59 Å². The Balaban J connectivity index is 1.86. The van der Waals surface area contributed by atoms with Crippen molar-refractivity contribution in [2.75, 3.05) is 13.6 Å². The molecular formula is C25H33N3O4. The molecule has 0 saturated carbocycles. The predicted molar refractivity (Wildman–Crippen MR) is 124 cm³/mol. The second-order valence-electron chi connectivity index (χ2n) is 8.10. The van der Waals surface area contributed by atoms with Gasteiger partial charge in [0.25, 0.3) is 0 Å². The number of hydrogen-bond acceptors (Lipinski definition) is 4. The van der Waals surface area contributed by atoms with Gasteiger partial charge in [0.2, 0.25) is 5.91 Å². The van der Waals surface area contributed by atoms with Crippen molar-refractivity contribution < 1.29 is 19.1 Å². The van der Waals surface area contributed by atoms with E-state index >= 15 is 0 Å². The number of benzene rings is 2. The SMILES string of the molecule is Cc1ccc(C(CC(=O)OC(C)C)NC(=O)CCNC(=O)N(C)Cc2ccccc2)cc1. The van der Waals surface area contributed by atoms with Gasteiger partial charge >= 0.3 is 12.0 Å². The summed E-state index contributed by atoms with van der Waals surface area (Å²) in [6, 6.07) is 16.6. The zero-order valence-electron chi connectivity index (χ0n) is 19.3. The van der Waals surface area contributed by atoms with Gasteiger partial charge in [0, 0.05) is 26.6 Å². The maximum Gasteiger partial charge on any atom is 0.317 e. The molecule has 0 heterocycles. The van der Waals surface area contributed by atoms with Crippen LogP contribution < -0.4 is 10.6 Å². The number of ether oxygens (including phenoxy) is 1. The number of rotatable bonds is 10. The Morgan fingerprint density at radius 1 is 1.00 bits per heavy atom. The summed E-state index contributed by atoms with van der Waals surface area (Å²) in [4.78, 5) is 38.5. The predicted octanol–water partition coefficient (Wildman–Crippen LogP) is 3.73. The van der Waals surface area contributed by atoms with Crippen molar-refractivity contribution in [3.05, 3.63) is 71.3 Å².